The summed E-state index contributed by atoms with van der Waals surface area (Å²) in [6.45, 7) is 2.71. The number of rotatable bonds is 7. The average molecular weight is 343 g/mol. The normalized spacial score (nSPS) is 10.1. The van der Waals surface area contributed by atoms with Crippen LogP contribution in [-0.2, 0) is 0 Å². The molecule has 0 aliphatic rings. The van der Waals surface area contributed by atoms with Crippen molar-refractivity contribution >= 4 is 33.6 Å². The summed E-state index contributed by atoms with van der Waals surface area (Å²) < 4.78 is 0.540. The molecule has 3 N–H and O–H groups in total. The number of nitrogens with one attached hydrogen (secondary N) is 2. The number of carboxylic acids is 1. The molecule has 0 saturated carbocycles. The van der Waals surface area contributed by atoms with E-state index in [4.69, 9.17) is 5.11 Å². The van der Waals surface area contributed by atoms with Crippen LogP contribution in [0, 0.1) is 0 Å². The maximum absolute atomic E-state index is 11.7. The minimum absolute atomic E-state index is 0.0560. The third-order valence-corrected chi connectivity index (χ3v) is 3.46. The smallest absolute Gasteiger partial charge is 0.337 e. The van der Waals surface area contributed by atoms with Crippen molar-refractivity contribution in [3.05, 3.63) is 28.2 Å². The summed E-state index contributed by atoms with van der Waals surface area (Å²) in [7, 11) is 0. The number of anilines is 1. The summed E-state index contributed by atoms with van der Waals surface area (Å²) in [6, 6.07) is 4.35. The Labute approximate surface area is 126 Å². The quantitative estimate of drug-likeness (QED) is 0.658. The molecule has 1 aromatic rings. The van der Waals surface area contributed by atoms with Crippen molar-refractivity contribution in [1.29, 1.82) is 0 Å². The van der Waals surface area contributed by atoms with Gasteiger partial charge in [0.05, 0.1) is 11.3 Å². The van der Waals surface area contributed by atoms with Gasteiger partial charge in [0.1, 0.15) is 0 Å². The number of carbonyl (C=O) groups is 2. The molecule has 6 heteroatoms. The zero-order valence-electron chi connectivity index (χ0n) is 11.4. The van der Waals surface area contributed by atoms with Crippen LogP contribution in [0.3, 0.4) is 0 Å². The van der Waals surface area contributed by atoms with Gasteiger partial charge in [-0.25, -0.2) is 9.59 Å². The maximum Gasteiger partial charge on any atom is 0.337 e. The molecule has 1 rings (SSSR count). The molecule has 0 aliphatic heterocycles. The Hall–Kier alpha value is -1.56. The van der Waals surface area contributed by atoms with E-state index in [9.17, 15) is 9.59 Å². The van der Waals surface area contributed by atoms with Crippen molar-refractivity contribution in [2.45, 2.75) is 32.6 Å². The van der Waals surface area contributed by atoms with Gasteiger partial charge in [0.25, 0.3) is 0 Å². The van der Waals surface area contributed by atoms with E-state index in [2.05, 4.69) is 33.5 Å². The zero-order chi connectivity index (χ0) is 15.0. The first-order chi connectivity index (χ1) is 9.56. The molecule has 0 unspecified atom stereocenters. The highest BCUT2D eigenvalue weighted by molar-refractivity contribution is 9.10. The summed E-state index contributed by atoms with van der Waals surface area (Å²) >= 11 is 3.24. The summed E-state index contributed by atoms with van der Waals surface area (Å²) in [5, 5.41) is 14.4. The Kier molecular flexibility index (Phi) is 7.08. The standard InChI is InChI=1S/C14H19BrN2O3/c1-2-3-4-5-9-16-14(20)17-12-10(13(18)19)7-6-8-11(12)15/h6-8H,2-5,9H2,1H3,(H,18,19)(H2,16,17,20). The van der Waals surface area contributed by atoms with Crippen LogP contribution < -0.4 is 10.6 Å². The molecule has 110 valence electrons. The number of aromatic carboxylic acids is 1. The molecule has 0 radical (unpaired) electrons. The minimum Gasteiger partial charge on any atom is -0.478 e. The largest absolute Gasteiger partial charge is 0.478 e. The van der Waals surface area contributed by atoms with Gasteiger partial charge < -0.3 is 15.7 Å². The predicted molar refractivity (Wildman–Crippen MR) is 82.3 cm³/mol. The second kappa shape index (κ2) is 8.58. The van der Waals surface area contributed by atoms with Crippen LogP contribution in [0.5, 0.6) is 0 Å². The molecular weight excluding hydrogens is 324 g/mol. The molecule has 1 aromatic carbocycles. The predicted octanol–water partition coefficient (Wildman–Crippen LogP) is 3.85. The first-order valence-corrected chi connectivity index (χ1v) is 7.42. The zero-order valence-corrected chi connectivity index (χ0v) is 13.0. The number of unbranched alkanes of at least 4 members (excludes halogenated alkanes) is 3. The molecule has 0 atom stereocenters. The van der Waals surface area contributed by atoms with Crippen LogP contribution in [0.25, 0.3) is 0 Å². The summed E-state index contributed by atoms with van der Waals surface area (Å²) in [4.78, 5) is 22.8. The molecule has 0 heterocycles. The number of benzene rings is 1. The van der Waals surface area contributed by atoms with Gasteiger partial charge in [-0.1, -0.05) is 32.3 Å². The van der Waals surface area contributed by atoms with Crippen LogP contribution in [0.4, 0.5) is 10.5 Å². The Morgan fingerprint density at radius 2 is 2.00 bits per heavy atom. The molecule has 0 spiro atoms. The lowest BCUT2D eigenvalue weighted by Crippen LogP contribution is -2.30. The number of para-hydroxylation sites is 1. The summed E-state index contributed by atoms with van der Waals surface area (Å²) in [6.07, 6.45) is 4.29. The average Bonchev–Trinajstić information content (AvgIpc) is 2.40. The fourth-order valence-corrected chi connectivity index (χ4v) is 2.21. The van der Waals surface area contributed by atoms with Crippen molar-refractivity contribution in [1.82, 2.24) is 5.32 Å². The van der Waals surface area contributed by atoms with Crippen LogP contribution >= 0.6 is 15.9 Å². The van der Waals surface area contributed by atoms with E-state index < -0.39 is 12.0 Å². The summed E-state index contributed by atoms with van der Waals surface area (Å²) in [5.74, 6) is -1.08. The van der Waals surface area contributed by atoms with Gasteiger partial charge in [-0.05, 0) is 34.5 Å². The van der Waals surface area contributed by atoms with Gasteiger partial charge >= 0.3 is 12.0 Å². The highest BCUT2D eigenvalue weighted by atomic mass is 79.9. The Morgan fingerprint density at radius 3 is 2.65 bits per heavy atom. The van der Waals surface area contributed by atoms with Gasteiger partial charge in [0.2, 0.25) is 0 Å². The fraction of sp³-hybridized carbons (Fsp3) is 0.429. The van der Waals surface area contributed by atoms with E-state index in [1.54, 1.807) is 12.1 Å². The topological polar surface area (TPSA) is 78.4 Å². The van der Waals surface area contributed by atoms with Crippen LogP contribution in [-0.4, -0.2) is 23.7 Å². The van der Waals surface area contributed by atoms with Crippen molar-refractivity contribution in [3.8, 4) is 0 Å². The number of urea groups is 1. The van der Waals surface area contributed by atoms with Crippen molar-refractivity contribution in [2.75, 3.05) is 11.9 Å². The van der Waals surface area contributed by atoms with Gasteiger partial charge in [-0.3, -0.25) is 0 Å². The number of carbonyl (C=O) groups excluding carboxylic acids is 1. The van der Waals surface area contributed by atoms with Crippen molar-refractivity contribution in [2.24, 2.45) is 0 Å². The fourth-order valence-electron chi connectivity index (χ4n) is 1.74. The second-order valence-electron chi connectivity index (χ2n) is 4.41. The van der Waals surface area contributed by atoms with Crippen molar-refractivity contribution < 1.29 is 14.7 Å². The third-order valence-electron chi connectivity index (χ3n) is 2.80. The highest BCUT2D eigenvalue weighted by Crippen LogP contribution is 2.26. The number of halogens is 1. The molecule has 2 amide bonds. The highest BCUT2D eigenvalue weighted by Gasteiger charge is 2.14. The number of hydrogen-bond donors (Lipinski definition) is 3. The molecular formula is C14H19BrN2O3. The monoisotopic (exact) mass is 342 g/mol. The number of hydrogen-bond acceptors (Lipinski definition) is 2. The molecule has 0 aromatic heterocycles. The van der Waals surface area contributed by atoms with E-state index >= 15 is 0 Å². The number of carboxylic acid groups (broad SMARTS) is 1. The molecule has 0 saturated heterocycles. The molecule has 0 fully saturated rings. The number of amides is 2. The van der Waals surface area contributed by atoms with Gasteiger partial charge in [-0.15, -0.1) is 0 Å². The van der Waals surface area contributed by atoms with Gasteiger partial charge in [-0.2, -0.15) is 0 Å². The molecule has 20 heavy (non-hydrogen) atoms. The lowest BCUT2D eigenvalue weighted by atomic mass is 10.2. The van der Waals surface area contributed by atoms with E-state index in [1.165, 1.54) is 6.07 Å². The lowest BCUT2D eigenvalue weighted by molar-refractivity contribution is 0.0698. The van der Waals surface area contributed by atoms with Crippen LogP contribution in [0.2, 0.25) is 0 Å². The third kappa shape index (κ3) is 5.21. The van der Waals surface area contributed by atoms with Crippen molar-refractivity contribution in [3.63, 3.8) is 0 Å². The van der Waals surface area contributed by atoms with E-state index in [0.29, 0.717) is 11.0 Å². The van der Waals surface area contributed by atoms with Gasteiger partial charge in [0.15, 0.2) is 0 Å². The Balaban J connectivity index is 2.55. The van der Waals surface area contributed by atoms with E-state index in [-0.39, 0.29) is 11.3 Å². The maximum atomic E-state index is 11.7. The molecule has 0 aliphatic carbocycles. The lowest BCUT2D eigenvalue weighted by Gasteiger charge is -2.11. The summed E-state index contributed by atoms with van der Waals surface area (Å²) in [5.41, 5.74) is 0.326. The second-order valence-corrected chi connectivity index (χ2v) is 5.26. The minimum atomic E-state index is -1.08. The Bertz CT molecular complexity index is 477. The first-order valence-electron chi connectivity index (χ1n) is 6.63. The van der Waals surface area contributed by atoms with Gasteiger partial charge in [0, 0.05) is 11.0 Å². The molecule has 0 bridgehead atoms. The Morgan fingerprint density at radius 1 is 1.25 bits per heavy atom. The molecule has 5 nitrogen and oxygen atoms in total. The first kappa shape index (κ1) is 16.5. The SMILES string of the molecule is CCCCCCNC(=O)Nc1c(Br)cccc1C(=O)O. The van der Waals surface area contributed by atoms with E-state index in [0.717, 1.165) is 25.7 Å². The van der Waals surface area contributed by atoms with E-state index in [1.807, 2.05) is 0 Å². The van der Waals surface area contributed by atoms with Crippen LogP contribution in [0.1, 0.15) is 43.0 Å². The van der Waals surface area contributed by atoms with Crippen LogP contribution in [0.15, 0.2) is 22.7 Å².